The SMILES string of the molecule is CNc1ncnc(N2CCSCC2S(C)(=O)=O)c1C(C)C. The lowest BCUT2D eigenvalue weighted by molar-refractivity contribution is 0.583. The van der Waals surface area contributed by atoms with E-state index in [0.717, 1.165) is 23.0 Å². The van der Waals surface area contributed by atoms with Crippen LogP contribution in [0.15, 0.2) is 6.33 Å². The monoisotopic (exact) mass is 330 g/mol. The van der Waals surface area contributed by atoms with Gasteiger partial charge in [0.2, 0.25) is 0 Å². The summed E-state index contributed by atoms with van der Waals surface area (Å²) < 4.78 is 24.2. The maximum absolute atomic E-state index is 12.1. The van der Waals surface area contributed by atoms with Crippen LogP contribution in [-0.2, 0) is 9.84 Å². The van der Waals surface area contributed by atoms with Gasteiger partial charge in [-0.3, -0.25) is 0 Å². The molecule has 0 aliphatic carbocycles. The molecule has 0 radical (unpaired) electrons. The minimum Gasteiger partial charge on any atom is -0.373 e. The normalized spacial score (nSPS) is 19.9. The minimum absolute atomic E-state index is 0.207. The molecule has 1 atom stereocenters. The zero-order valence-corrected chi connectivity index (χ0v) is 14.5. The van der Waals surface area contributed by atoms with E-state index in [9.17, 15) is 8.42 Å². The van der Waals surface area contributed by atoms with E-state index in [1.165, 1.54) is 12.6 Å². The summed E-state index contributed by atoms with van der Waals surface area (Å²) in [5.74, 6) is 3.19. The summed E-state index contributed by atoms with van der Waals surface area (Å²) in [5, 5.41) is 2.56. The lowest BCUT2D eigenvalue weighted by atomic mass is 10.0. The van der Waals surface area contributed by atoms with Crippen LogP contribution in [0.4, 0.5) is 11.6 Å². The third-order valence-corrected chi connectivity index (χ3v) is 6.17. The Morgan fingerprint density at radius 1 is 1.43 bits per heavy atom. The molecule has 0 aromatic carbocycles. The van der Waals surface area contributed by atoms with Crippen LogP contribution in [0, 0.1) is 0 Å². The molecule has 1 fully saturated rings. The fraction of sp³-hybridized carbons (Fsp3) is 0.692. The summed E-state index contributed by atoms with van der Waals surface area (Å²) in [5.41, 5.74) is 0.973. The predicted octanol–water partition coefficient (Wildman–Crippen LogP) is 1.57. The summed E-state index contributed by atoms with van der Waals surface area (Å²) in [7, 11) is -1.34. The second kappa shape index (κ2) is 6.39. The Kier molecular flexibility index (Phi) is 4.98. The number of sulfone groups is 1. The molecule has 1 saturated heterocycles. The topological polar surface area (TPSA) is 75.2 Å². The van der Waals surface area contributed by atoms with Gasteiger partial charge in [0.05, 0.1) is 0 Å². The number of aromatic nitrogens is 2. The molecule has 1 aliphatic rings. The van der Waals surface area contributed by atoms with E-state index in [1.54, 1.807) is 11.8 Å². The van der Waals surface area contributed by atoms with E-state index < -0.39 is 15.2 Å². The first-order valence-electron chi connectivity index (χ1n) is 6.92. The Morgan fingerprint density at radius 2 is 2.14 bits per heavy atom. The quantitative estimate of drug-likeness (QED) is 0.898. The largest absolute Gasteiger partial charge is 0.373 e. The molecule has 6 nitrogen and oxygen atoms in total. The van der Waals surface area contributed by atoms with Crippen LogP contribution in [0.2, 0.25) is 0 Å². The molecule has 1 aliphatic heterocycles. The molecule has 1 N–H and O–H groups in total. The van der Waals surface area contributed by atoms with Gasteiger partial charge in [0, 0.05) is 36.9 Å². The first-order chi connectivity index (χ1) is 9.86. The van der Waals surface area contributed by atoms with Crippen molar-refractivity contribution < 1.29 is 8.42 Å². The van der Waals surface area contributed by atoms with Crippen molar-refractivity contribution in [3.05, 3.63) is 11.9 Å². The molecule has 1 aromatic rings. The van der Waals surface area contributed by atoms with Crippen LogP contribution in [0.25, 0.3) is 0 Å². The van der Waals surface area contributed by atoms with E-state index in [2.05, 4.69) is 29.1 Å². The molecule has 0 bridgehead atoms. The van der Waals surface area contributed by atoms with E-state index in [0.29, 0.717) is 12.3 Å². The standard InChI is InChI=1S/C13H22N4O2S2/c1-9(2)11-12(14-3)15-8-16-13(11)17-5-6-20-7-10(17)21(4,18)19/h8-10H,5-7H2,1-4H3,(H,14,15,16). The Balaban J connectivity index is 2.53. The molecular weight excluding hydrogens is 308 g/mol. The predicted molar refractivity (Wildman–Crippen MR) is 89.0 cm³/mol. The van der Waals surface area contributed by atoms with Crippen molar-refractivity contribution in [1.82, 2.24) is 9.97 Å². The van der Waals surface area contributed by atoms with Crippen molar-refractivity contribution in [2.75, 3.05) is 41.6 Å². The number of anilines is 2. The highest BCUT2D eigenvalue weighted by atomic mass is 32.2. The van der Waals surface area contributed by atoms with Gasteiger partial charge < -0.3 is 10.2 Å². The van der Waals surface area contributed by atoms with Crippen LogP contribution >= 0.6 is 11.8 Å². The highest BCUT2D eigenvalue weighted by Crippen LogP contribution is 2.34. The van der Waals surface area contributed by atoms with Crippen molar-refractivity contribution in [2.45, 2.75) is 25.1 Å². The molecule has 2 rings (SSSR count). The van der Waals surface area contributed by atoms with E-state index in [1.807, 2.05) is 11.9 Å². The summed E-state index contributed by atoms with van der Waals surface area (Å²) in [6.07, 6.45) is 2.79. The number of hydrogen-bond donors (Lipinski definition) is 1. The van der Waals surface area contributed by atoms with Crippen LogP contribution in [0.3, 0.4) is 0 Å². The van der Waals surface area contributed by atoms with Crippen molar-refractivity contribution in [3.8, 4) is 0 Å². The second-order valence-corrected chi connectivity index (χ2v) is 8.77. The molecule has 0 amide bonds. The maximum Gasteiger partial charge on any atom is 0.169 e. The van der Waals surface area contributed by atoms with Gasteiger partial charge in [-0.15, -0.1) is 0 Å². The van der Waals surface area contributed by atoms with Gasteiger partial charge in [0.15, 0.2) is 9.84 Å². The number of rotatable bonds is 4. The van der Waals surface area contributed by atoms with Crippen LogP contribution in [0.1, 0.15) is 25.3 Å². The number of nitrogens with one attached hydrogen (secondary N) is 1. The summed E-state index contributed by atoms with van der Waals surface area (Å²) >= 11 is 1.67. The molecule has 0 saturated carbocycles. The molecule has 2 heterocycles. The molecule has 1 aromatic heterocycles. The van der Waals surface area contributed by atoms with E-state index in [4.69, 9.17) is 0 Å². The van der Waals surface area contributed by atoms with Crippen LogP contribution < -0.4 is 10.2 Å². The van der Waals surface area contributed by atoms with Crippen molar-refractivity contribution in [1.29, 1.82) is 0 Å². The highest BCUT2D eigenvalue weighted by molar-refractivity contribution is 8.01. The Bertz CT molecular complexity index is 604. The third kappa shape index (κ3) is 3.42. The van der Waals surface area contributed by atoms with Crippen molar-refractivity contribution in [3.63, 3.8) is 0 Å². The van der Waals surface area contributed by atoms with Gasteiger partial charge in [-0.2, -0.15) is 11.8 Å². The minimum atomic E-state index is -3.16. The Hall–Kier alpha value is -1.02. The van der Waals surface area contributed by atoms with Crippen molar-refractivity contribution in [2.24, 2.45) is 0 Å². The highest BCUT2D eigenvalue weighted by Gasteiger charge is 2.34. The van der Waals surface area contributed by atoms with E-state index in [-0.39, 0.29) is 5.92 Å². The summed E-state index contributed by atoms with van der Waals surface area (Å²) in [6, 6.07) is 0. The number of nitrogens with zero attached hydrogens (tertiary/aromatic N) is 3. The average molecular weight is 330 g/mol. The van der Waals surface area contributed by atoms with Gasteiger partial charge in [-0.25, -0.2) is 18.4 Å². The lowest BCUT2D eigenvalue weighted by Gasteiger charge is -2.36. The Morgan fingerprint density at radius 3 is 2.71 bits per heavy atom. The first kappa shape index (κ1) is 16.4. The summed E-state index contributed by atoms with van der Waals surface area (Å²) in [6.45, 7) is 4.82. The van der Waals surface area contributed by atoms with Gasteiger partial charge in [0.25, 0.3) is 0 Å². The molecule has 8 heteroatoms. The lowest BCUT2D eigenvalue weighted by Crippen LogP contribution is -2.48. The fourth-order valence-electron chi connectivity index (χ4n) is 2.52. The third-order valence-electron chi connectivity index (χ3n) is 3.53. The fourth-order valence-corrected chi connectivity index (χ4v) is 5.34. The molecule has 21 heavy (non-hydrogen) atoms. The maximum atomic E-state index is 12.1. The van der Waals surface area contributed by atoms with Gasteiger partial charge in [0.1, 0.15) is 23.3 Å². The molecule has 118 valence electrons. The van der Waals surface area contributed by atoms with Crippen LogP contribution in [0.5, 0.6) is 0 Å². The van der Waals surface area contributed by atoms with Gasteiger partial charge >= 0.3 is 0 Å². The second-order valence-electron chi connectivity index (χ2n) is 5.42. The molecule has 1 unspecified atom stereocenters. The van der Waals surface area contributed by atoms with Gasteiger partial charge in [-0.05, 0) is 5.92 Å². The first-order valence-corrected chi connectivity index (χ1v) is 10.0. The zero-order valence-electron chi connectivity index (χ0n) is 12.8. The number of hydrogen-bond acceptors (Lipinski definition) is 7. The Labute approximate surface area is 130 Å². The molecular formula is C13H22N4O2S2. The van der Waals surface area contributed by atoms with Crippen LogP contribution in [-0.4, -0.2) is 55.1 Å². The number of thioether (sulfide) groups is 1. The van der Waals surface area contributed by atoms with Crippen molar-refractivity contribution >= 4 is 33.2 Å². The zero-order chi connectivity index (χ0) is 15.6. The van der Waals surface area contributed by atoms with E-state index >= 15 is 0 Å². The average Bonchev–Trinajstić information content (AvgIpc) is 2.45. The summed E-state index contributed by atoms with van der Waals surface area (Å²) in [4.78, 5) is 10.6. The smallest absolute Gasteiger partial charge is 0.169 e. The molecule has 0 spiro atoms. The van der Waals surface area contributed by atoms with Gasteiger partial charge in [-0.1, -0.05) is 13.8 Å².